The Balaban J connectivity index is 0.00000338. The number of aliphatic imine (C=N–C) groups is 1. The lowest BCUT2D eigenvalue weighted by Gasteiger charge is -2.33. The van der Waals surface area contributed by atoms with Gasteiger partial charge in [-0.3, -0.25) is 14.5 Å². The maximum Gasteiger partial charge on any atom is 0.309 e. The maximum atomic E-state index is 11.8. The minimum absolute atomic E-state index is 0. The van der Waals surface area contributed by atoms with Gasteiger partial charge in [-0.1, -0.05) is 0 Å². The molecule has 8 heteroatoms. The molecule has 2 heterocycles. The fraction of sp³-hybridized carbons (Fsp3) is 0.722. The minimum atomic E-state index is -0.0624. The van der Waals surface area contributed by atoms with Crippen LogP contribution in [0.25, 0.3) is 0 Å². The highest BCUT2D eigenvalue weighted by atomic mass is 127. The molecular formula is C18H32IN5O2. The van der Waals surface area contributed by atoms with Gasteiger partial charge in [-0.15, -0.1) is 24.0 Å². The van der Waals surface area contributed by atoms with E-state index in [1.165, 1.54) is 11.3 Å². The standard InChI is InChI=1S/C18H31N5O2.HI/c1-6-25-17(24)15-8-11-23(12-9-15)18(19-4)20-10-7-16-13(2)21-22(5)14(16)3;/h15H,6-12H2,1-5H3,(H,19,20);1H. The first-order valence-electron chi connectivity index (χ1n) is 9.09. The highest BCUT2D eigenvalue weighted by Gasteiger charge is 2.27. The van der Waals surface area contributed by atoms with Crippen LogP contribution in [0.1, 0.15) is 36.7 Å². The lowest BCUT2D eigenvalue weighted by Crippen LogP contribution is -2.47. The van der Waals surface area contributed by atoms with E-state index < -0.39 is 0 Å². The van der Waals surface area contributed by atoms with Crippen molar-refractivity contribution in [2.24, 2.45) is 18.0 Å². The van der Waals surface area contributed by atoms with Crippen LogP contribution in [-0.2, 0) is 23.0 Å². The highest BCUT2D eigenvalue weighted by Crippen LogP contribution is 2.19. The first-order chi connectivity index (χ1) is 12.0. The molecule has 1 aliphatic heterocycles. The number of hydrogen-bond donors (Lipinski definition) is 1. The van der Waals surface area contributed by atoms with Crippen LogP contribution in [0.3, 0.4) is 0 Å². The van der Waals surface area contributed by atoms with Crippen molar-refractivity contribution in [1.29, 1.82) is 0 Å². The quantitative estimate of drug-likeness (QED) is 0.304. The largest absolute Gasteiger partial charge is 0.466 e. The van der Waals surface area contributed by atoms with Gasteiger partial charge in [0.15, 0.2) is 5.96 Å². The maximum absolute atomic E-state index is 11.8. The average Bonchev–Trinajstić information content (AvgIpc) is 2.85. The lowest BCUT2D eigenvalue weighted by atomic mass is 9.97. The van der Waals surface area contributed by atoms with E-state index in [-0.39, 0.29) is 35.9 Å². The second kappa shape index (κ2) is 10.7. The van der Waals surface area contributed by atoms with Crippen molar-refractivity contribution < 1.29 is 9.53 Å². The summed E-state index contributed by atoms with van der Waals surface area (Å²) in [5.41, 5.74) is 3.60. The van der Waals surface area contributed by atoms with Crippen molar-refractivity contribution in [2.75, 3.05) is 33.3 Å². The van der Waals surface area contributed by atoms with E-state index >= 15 is 0 Å². The van der Waals surface area contributed by atoms with Gasteiger partial charge in [-0.2, -0.15) is 5.10 Å². The Kier molecular flexibility index (Phi) is 9.38. The summed E-state index contributed by atoms with van der Waals surface area (Å²) in [4.78, 5) is 18.5. The van der Waals surface area contributed by atoms with Gasteiger partial charge < -0.3 is 15.0 Å². The summed E-state index contributed by atoms with van der Waals surface area (Å²) in [5, 5.41) is 7.91. The molecule has 0 amide bonds. The molecule has 7 nitrogen and oxygen atoms in total. The zero-order valence-electron chi connectivity index (χ0n) is 16.5. The summed E-state index contributed by atoms with van der Waals surface area (Å²) in [7, 11) is 3.78. The van der Waals surface area contributed by atoms with Gasteiger partial charge in [0.05, 0.1) is 18.2 Å². The number of guanidine groups is 1. The Bertz CT molecular complexity index is 621. The molecule has 0 aliphatic carbocycles. The topological polar surface area (TPSA) is 71.8 Å². The van der Waals surface area contributed by atoms with Gasteiger partial charge in [0.25, 0.3) is 0 Å². The second-order valence-electron chi connectivity index (χ2n) is 6.51. The number of esters is 1. The van der Waals surface area contributed by atoms with Crippen LogP contribution in [-0.4, -0.2) is 59.9 Å². The van der Waals surface area contributed by atoms with E-state index in [2.05, 4.69) is 34.2 Å². The molecule has 0 bridgehead atoms. The number of carbonyl (C=O) groups excluding carboxylic acids is 1. The van der Waals surface area contributed by atoms with Crippen molar-refractivity contribution in [2.45, 2.75) is 40.0 Å². The third-order valence-corrected chi connectivity index (χ3v) is 4.94. The number of rotatable bonds is 5. The molecule has 1 aliphatic rings. The van der Waals surface area contributed by atoms with Gasteiger partial charge in [0.1, 0.15) is 0 Å². The number of halogens is 1. The fourth-order valence-corrected chi connectivity index (χ4v) is 3.40. The summed E-state index contributed by atoms with van der Waals surface area (Å²) < 4.78 is 7.06. The van der Waals surface area contributed by atoms with Gasteiger partial charge in [-0.05, 0) is 45.6 Å². The van der Waals surface area contributed by atoms with Crippen LogP contribution in [0, 0.1) is 19.8 Å². The predicted octanol–water partition coefficient (Wildman–Crippen LogP) is 2.05. The van der Waals surface area contributed by atoms with Crippen molar-refractivity contribution in [1.82, 2.24) is 20.0 Å². The van der Waals surface area contributed by atoms with Crippen LogP contribution >= 0.6 is 24.0 Å². The Morgan fingerprint density at radius 1 is 1.35 bits per heavy atom. The minimum Gasteiger partial charge on any atom is -0.466 e. The molecule has 0 unspecified atom stereocenters. The highest BCUT2D eigenvalue weighted by molar-refractivity contribution is 14.0. The van der Waals surface area contributed by atoms with E-state index in [0.29, 0.717) is 6.61 Å². The number of hydrogen-bond acceptors (Lipinski definition) is 4. The molecule has 1 aromatic rings. The predicted molar refractivity (Wildman–Crippen MR) is 114 cm³/mol. The van der Waals surface area contributed by atoms with E-state index in [1.54, 1.807) is 7.05 Å². The van der Waals surface area contributed by atoms with E-state index in [0.717, 1.165) is 50.6 Å². The molecular weight excluding hydrogens is 445 g/mol. The summed E-state index contributed by atoms with van der Waals surface area (Å²) in [6.45, 7) is 8.93. The first kappa shape index (κ1) is 22.7. The molecule has 0 aromatic carbocycles. The molecule has 1 aromatic heterocycles. The number of nitrogens with zero attached hydrogens (tertiary/aromatic N) is 4. The number of nitrogens with one attached hydrogen (secondary N) is 1. The lowest BCUT2D eigenvalue weighted by molar-refractivity contribution is -0.149. The Morgan fingerprint density at radius 2 is 2.00 bits per heavy atom. The summed E-state index contributed by atoms with van der Waals surface area (Å²) in [5.74, 6) is 0.865. The van der Waals surface area contributed by atoms with Crippen molar-refractivity contribution in [3.63, 3.8) is 0 Å². The normalized spacial score (nSPS) is 15.6. The van der Waals surface area contributed by atoms with Crippen LogP contribution in [0.5, 0.6) is 0 Å². The molecule has 0 radical (unpaired) electrons. The van der Waals surface area contributed by atoms with E-state index in [4.69, 9.17) is 4.74 Å². The second-order valence-corrected chi connectivity index (χ2v) is 6.51. The molecule has 0 atom stereocenters. The van der Waals surface area contributed by atoms with Gasteiger partial charge in [-0.25, -0.2) is 0 Å². The third kappa shape index (κ3) is 5.59. The Hall–Kier alpha value is -1.32. The SMILES string of the molecule is CCOC(=O)C1CCN(C(=NC)NCCc2c(C)nn(C)c2C)CC1.I. The van der Waals surface area contributed by atoms with Gasteiger partial charge in [0, 0.05) is 39.4 Å². The zero-order chi connectivity index (χ0) is 18.4. The van der Waals surface area contributed by atoms with E-state index in [9.17, 15) is 4.79 Å². The van der Waals surface area contributed by atoms with Crippen molar-refractivity contribution >= 4 is 35.9 Å². The number of aromatic nitrogens is 2. The van der Waals surface area contributed by atoms with Crippen LogP contribution in [0.2, 0.25) is 0 Å². The van der Waals surface area contributed by atoms with Crippen LogP contribution in [0.4, 0.5) is 0 Å². The smallest absolute Gasteiger partial charge is 0.309 e. The number of piperidine rings is 1. The number of likely N-dealkylation sites (tertiary alicyclic amines) is 1. The summed E-state index contributed by atoms with van der Waals surface area (Å²) in [6.07, 6.45) is 2.56. The third-order valence-electron chi connectivity index (χ3n) is 4.94. The first-order valence-corrected chi connectivity index (χ1v) is 9.09. The number of ether oxygens (including phenoxy) is 1. The van der Waals surface area contributed by atoms with Crippen molar-refractivity contribution in [3.8, 4) is 0 Å². The summed E-state index contributed by atoms with van der Waals surface area (Å²) in [6, 6.07) is 0. The molecule has 0 saturated carbocycles. The molecule has 0 spiro atoms. The molecule has 1 fully saturated rings. The fourth-order valence-electron chi connectivity index (χ4n) is 3.40. The van der Waals surface area contributed by atoms with Crippen molar-refractivity contribution in [3.05, 3.63) is 17.0 Å². The zero-order valence-corrected chi connectivity index (χ0v) is 18.9. The average molecular weight is 477 g/mol. The molecule has 1 N–H and O–H groups in total. The number of carbonyl (C=O) groups is 1. The van der Waals surface area contributed by atoms with Gasteiger partial charge >= 0.3 is 5.97 Å². The molecule has 2 rings (SSSR count). The summed E-state index contributed by atoms with van der Waals surface area (Å²) >= 11 is 0. The Labute approximate surface area is 173 Å². The monoisotopic (exact) mass is 477 g/mol. The molecule has 1 saturated heterocycles. The Morgan fingerprint density at radius 3 is 2.50 bits per heavy atom. The van der Waals surface area contributed by atoms with E-state index in [1.807, 2.05) is 18.7 Å². The van der Waals surface area contributed by atoms with Crippen LogP contribution in [0.15, 0.2) is 4.99 Å². The van der Waals surface area contributed by atoms with Gasteiger partial charge in [0.2, 0.25) is 0 Å². The molecule has 148 valence electrons. The number of aryl methyl sites for hydroxylation is 2. The molecule has 26 heavy (non-hydrogen) atoms. The van der Waals surface area contributed by atoms with Crippen LogP contribution < -0.4 is 5.32 Å².